The summed E-state index contributed by atoms with van der Waals surface area (Å²) in [6.07, 6.45) is -1.71. The van der Waals surface area contributed by atoms with Crippen molar-refractivity contribution in [1.29, 1.82) is 0 Å². The Labute approximate surface area is 112 Å². The maximum absolute atomic E-state index is 12.7. The molecule has 3 rings (SSSR count). The fourth-order valence-corrected chi connectivity index (χ4v) is 2.67. The smallest absolute Gasteiger partial charge is 0.305 e. The van der Waals surface area contributed by atoms with E-state index in [1.807, 2.05) is 0 Å². The van der Waals surface area contributed by atoms with Crippen LogP contribution in [-0.4, -0.2) is 16.1 Å². The maximum atomic E-state index is 12.7. The minimum atomic E-state index is -4.41. The molecule has 1 atom stereocenters. The maximum Gasteiger partial charge on any atom is 0.416 e. The topological polar surface area (TPSA) is 49.8 Å². The van der Waals surface area contributed by atoms with Gasteiger partial charge >= 0.3 is 11.9 Å². The molecule has 1 aromatic heterocycles. The molecule has 0 amide bonds. The Bertz CT molecular complexity index is 680. The number of benzene rings is 1. The summed E-state index contributed by atoms with van der Waals surface area (Å²) < 4.78 is 39.5. The molecule has 0 spiro atoms. The lowest BCUT2D eigenvalue weighted by molar-refractivity contribution is -0.137. The molecule has 1 fully saturated rings. The SMILES string of the molecule is O=c1[nH]c2cc(C(F)(F)F)ccc2n1C1CCCCN1. The number of alkyl halides is 3. The predicted molar refractivity (Wildman–Crippen MR) is 68.5 cm³/mol. The minimum absolute atomic E-state index is 0.151. The minimum Gasteiger partial charge on any atom is -0.305 e. The molecule has 0 saturated carbocycles. The van der Waals surface area contributed by atoms with Crippen molar-refractivity contribution < 1.29 is 13.2 Å². The van der Waals surface area contributed by atoms with Crippen LogP contribution in [0.15, 0.2) is 23.0 Å². The zero-order valence-corrected chi connectivity index (χ0v) is 10.6. The van der Waals surface area contributed by atoms with Gasteiger partial charge in [-0.1, -0.05) is 0 Å². The quantitative estimate of drug-likeness (QED) is 0.846. The van der Waals surface area contributed by atoms with Crippen LogP contribution in [0.4, 0.5) is 13.2 Å². The first-order valence-electron chi connectivity index (χ1n) is 6.51. The number of hydrogen-bond acceptors (Lipinski definition) is 2. The van der Waals surface area contributed by atoms with E-state index < -0.39 is 11.7 Å². The van der Waals surface area contributed by atoms with Crippen molar-refractivity contribution in [3.05, 3.63) is 34.2 Å². The van der Waals surface area contributed by atoms with Gasteiger partial charge < -0.3 is 4.98 Å². The molecule has 0 aliphatic carbocycles. The molecule has 1 unspecified atom stereocenters. The number of fused-ring (bicyclic) bond motifs is 1. The van der Waals surface area contributed by atoms with Gasteiger partial charge in [0.1, 0.15) is 0 Å². The van der Waals surface area contributed by atoms with Gasteiger partial charge in [-0.3, -0.25) is 9.88 Å². The Hall–Kier alpha value is -1.76. The number of halogens is 3. The number of hydrogen-bond donors (Lipinski definition) is 2. The highest BCUT2D eigenvalue weighted by Gasteiger charge is 2.31. The first kappa shape index (κ1) is 13.2. The van der Waals surface area contributed by atoms with Crippen LogP contribution in [0.3, 0.4) is 0 Å². The van der Waals surface area contributed by atoms with Gasteiger partial charge in [0.2, 0.25) is 0 Å². The van der Waals surface area contributed by atoms with Gasteiger partial charge in [-0.2, -0.15) is 13.2 Å². The van der Waals surface area contributed by atoms with Crippen LogP contribution in [0.1, 0.15) is 31.0 Å². The van der Waals surface area contributed by atoms with Gasteiger partial charge in [-0.05, 0) is 44.0 Å². The fraction of sp³-hybridized carbons (Fsp3) is 0.462. The molecule has 20 heavy (non-hydrogen) atoms. The van der Waals surface area contributed by atoms with E-state index in [0.29, 0.717) is 5.52 Å². The van der Waals surface area contributed by atoms with Crippen LogP contribution in [-0.2, 0) is 6.18 Å². The van der Waals surface area contributed by atoms with Crippen LogP contribution >= 0.6 is 0 Å². The van der Waals surface area contributed by atoms with E-state index in [0.717, 1.165) is 37.9 Å². The Morgan fingerprint density at radius 1 is 1.25 bits per heavy atom. The monoisotopic (exact) mass is 285 g/mol. The molecule has 1 aliphatic heterocycles. The molecule has 2 aromatic rings. The number of H-pyrrole nitrogens is 1. The largest absolute Gasteiger partial charge is 0.416 e. The van der Waals surface area contributed by atoms with Gasteiger partial charge in [0.15, 0.2) is 0 Å². The van der Waals surface area contributed by atoms with E-state index in [9.17, 15) is 18.0 Å². The van der Waals surface area contributed by atoms with Crippen molar-refractivity contribution in [2.75, 3.05) is 6.54 Å². The number of nitrogens with one attached hydrogen (secondary N) is 2. The Morgan fingerprint density at radius 2 is 2.05 bits per heavy atom. The third-order valence-corrected chi connectivity index (χ3v) is 3.64. The summed E-state index contributed by atoms with van der Waals surface area (Å²) in [6, 6.07) is 3.34. The van der Waals surface area contributed by atoms with E-state index >= 15 is 0 Å². The van der Waals surface area contributed by atoms with Crippen molar-refractivity contribution in [1.82, 2.24) is 14.9 Å². The highest BCUT2D eigenvalue weighted by Crippen LogP contribution is 2.31. The summed E-state index contributed by atoms with van der Waals surface area (Å²) in [7, 11) is 0. The third kappa shape index (κ3) is 2.22. The molecular formula is C13H14F3N3O. The van der Waals surface area contributed by atoms with Crippen molar-refractivity contribution in [2.45, 2.75) is 31.6 Å². The molecule has 0 bridgehead atoms. The van der Waals surface area contributed by atoms with E-state index in [4.69, 9.17) is 0 Å². The van der Waals surface area contributed by atoms with Crippen molar-refractivity contribution in [2.24, 2.45) is 0 Å². The molecule has 108 valence electrons. The number of aromatic amines is 1. The van der Waals surface area contributed by atoms with E-state index in [1.165, 1.54) is 10.6 Å². The van der Waals surface area contributed by atoms with Crippen molar-refractivity contribution in [3.8, 4) is 0 Å². The molecule has 1 aliphatic rings. The van der Waals surface area contributed by atoms with Gasteiger partial charge in [-0.25, -0.2) is 4.79 Å². The standard InChI is InChI=1S/C13H14F3N3O/c14-13(15,16)8-4-5-10-9(7-8)18-12(20)19(10)11-3-1-2-6-17-11/h4-5,7,11,17H,1-3,6H2,(H,18,20). The zero-order chi connectivity index (χ0) is 14.3. The van der Waals surface area contributed by atoms with Crippen LogP contribution in [0.25, 0.3) is 11.0 Å². The number of piperidine rings is 1. The second kappa shape index (κ2) is 4.66. The lowest BCUT2D eigenvalue weighted by Gasteiger charge is -2.24. The summed E-state index contributed by atoms with van der Waals surface area (Å²) in [5, 5.41) is 3.22. The second-order valence-electron chi connectivity index (χ2n) is 5.00. The first-order valence-corrected chi connectivity index (χ1v) is 6.51. The zero-order valence-electron chi connectivity index (χ0n) is 10.6. The average Bonchev–Trinajstić information content (AvgIpc) is 2.73. The normalized spacial score (nSPS) is 20.4. The van der Waals surface area contributed by atoms with E-state index in [2.05, 4.69) is 10.3 Å². The average molecular weight is 285 g/mol. The molecule has 7 heteroatoms. The molecule has 1 aromatic carbocycles. The summed E-state index contributed by atoms with van der Waals surface area (Å²) in [5.74, 6) is 0. The van der Waals surface area contributed by atoms with Crippen LogP contribution in [0.5, 0.6) is 0 Å². The Kier molecular flexibility index (Phi) is 3.08. The summed E-state index contributed by atoms with van der Waals surface area (Å²) in [6.45, 7) is 0.810. The molecule has 2 N–H and O–H groups in total. The van der Waals surface area contributed by atoms with Gasteiger partial charge in [0.25, 0.3) is 0 Å². The number of rotatable bonds is 1. The van der Waals surface area contributed by atoms with Crippen LogP contribution in [0.2, 0.25) is 0 Å². The van der Waals surface area contributed by atoms with Gasteiger partial charge in [0.05, 0.1) is 22.8 Å². The summed E-state index contributed by atoms with van der Waals surface area (Å²) in [5.41, 5.74) is -0.409. The van der Waals surface area contributed by atoms with Crippen molar-refractivity contribution in [3.63, 3.8) is 0 Å². The molecular weight excluding hydrogens is 271 g/mol. The lowest BCUT2D eigenvalue weighted by atomic mass is 10.1. The summed E-state index contributed by atoms with van der Waals surface area (Å²) >= 11 is 0. The highest BCUT2D eigenvalue weighted by atomic mass is 19.4. The van der Waals surface area contributed by atoms with E-state index in [1.54, 1.807) is 0 Å². The van der Waals surface area contributed by atoms with Gasteiger partial charge in [0, 0.05) is 0 Å². The highest BCUT2D eigenvalue weighted by molar-refractivity contribution is 5.76. The van der Waals surface area contributed by atoms with E-state index in [-0.39, 0.29) is 17.4 Å². The van der Waals surface area contributed by atoms with Gasteiger partial charge in [-0.15, -0.1) is 0 Å². The number of aromatic nitrogens is 2. The summed E-state index contributed by atoms with van der Waals surface area (Å²) in [4.78, 5) is 14.5. The molecule has 1 saturated heterocycles. The number of nitrogens with zero attached hydrogens (tertiary/aromatic N) is 1. The van der Waals surface area contributed by atoms with Crippen molar-refractivity contribution >= 4 is 11.0 Å². The Balaban J connectivity index is 2.10. The fourth-order valence-electron chi connectivity index (χ4n) is 2.67. The molecule has 2 heterocycles. The third-order valence-electron chi connectivity index (χ3n) is 3.64. The van der Waals surface area contributed by atoms with Crippen LogP contribution < -0.4 is 11.0 Å². The first-order chi connectivity index (χ1) is 9.47. The Morgan fingerprint density at radius 3 is 2.70 bits per heavy atom. The predicted octanol–water partition coefficient (Wildman–Crippen LogP) is 2.62. The molecule has 0 radical (unpaired) electrons. The molecule has 4 nitrogen and oxygen atoms in total. The second-order valence-corrected chi connectivity index (χ2v) is 5.00. The lowest BCUT2D eigenvalue weighted by Crippen LogP contribution is -2.36. The number of imidazole rings is 1. The van der Waals surface area contributed by atoms with Crippen LogP contribution in [0, 0.1) is 0 Å².